The van der Waals surface area contributed by atoms with Crippen molar-refractivity contribution >= 4 is 23.5 Å². The van der Waals surface area contributed by atoms with Crippen LogP contribution in [0.3, 0.4) is 0 Å². The molecule has 0 aliphatic rings. The van der Waals surface area contributed by atoms with Crippen molar-refractivity contribution in [2.75, 3.05) is 11.5 Å². The van der Waals surface area contributed by atoms with Crippen LogP contribution in [0.2, 0.25) is 0 Å². The van der Waals surface area contributed by atoms with Gasteiger partial charge in [-0.3, -0.25) is 4.79 Å². The Balaban J connectivity index is 2.53. The summed E-state index contributed by atoms with van der Waals surface area (Å²) in [7, 11) is 0. The van der Waals surface area contributed by atoms with Gasteiger partial charge in [0.1, 0.15) is 11.4 Å². The van der Waals surface area contributed by atoms with Crippen molar-refractivity contribution in [3.05, 3.63) is 18.3 Å². The molecule has 3 N–H and O–H groups in total. The van der Waals surface area contributed by atoms with Crippen LogP contribution in [0.15, 0.2) is 23.2 Å². The number of nitrogens with two attached hydrogens (primary N) is 1. The van der Waals surface area contributed by atoms with Crippen molar-refractivity contribution in [3.8, 4) is 6.07 Å². The molecule has 0 saturated carbocycles. The van der Waals surface area contributed by atoms with Gasteiger partial charge >= 0.3 is 0 Å². The number of nitrogens with zero attached hydrogens (tertiary/aromatic N) is 2. The highest BCUT2D eigenvalue weighted by atomic mass is 32.2. The van der Waals surface area contributed by atoms with E-state index in [1.54, 1.807) is 19.2 Å². The summed E-state index contributed by atoms with van der Waals surface area (Å²) in [4.78, 5) is 16.7. The third-order valence-corrected chi connectivity index (χ3v) is 3.90. The fourth-order valence-corrected chi connectivity index (χ4v) is 1.91. The summed E-state index contributed by atoms with van der Waals surface area (Å²) in [5.41, 5.74) is 4.65. The summed E-state index contributed by atoms with van der Waals surface area (Å²) in [6.45, 7) is 5.53. The first-order valence-electron chi connectivity index (χ1n) is 5.94. The number of thioether (sulfide) groups is 1. The minimum Gasteiger partial charge on any atom is -0.384 e. The fourth-order valence-electron chi connectivity index (χ4n) is 1.25. The van der Waals surface area contributed by atoms with Crippen molar-refractivity contribution in [3.63, 3.8) is 0 Å². The Kier molecular flexibility index (Phi) is 5.19. The first-order chi connectivity index (χ1) is 8.87. The standard InChI is InChI=1S/C13H18N4OS/c1-9(2)13(3,8-14)17-12(18)7-19-10-4-5-11(15)16-6-10/h4-6,9H,7H2,1-3H3,(H2,15,16)(H,17,18). The van der Waals surface area contributed by atoms with E-state index in [0.29, 0.717) is 5.82 Å². The number of rotatable bonds is 5. The molecule has 1 rings (SSSR count). The third-order valence-electron chi connectivity index (χ3n) is 2.92. The summed E-state index contributed by atoms with van der Waals surface area (Å²) in [6.07, 6.45) is 1.62. The second kappa shape index (κ2) is 6.43. The van der Waals surface area contributed by atoms with E-state index in [0.717, 1.165) is 4.90 Å². The predicted octanol–water partition coefficient (Wildman–Crippen LogP) is 1.81. The highest BCUT2D eigenvalue weighted by Crippen LogP contribution is 2.19. The van der Waals surface area contributed by atoms with E-state index in [1.807, 2.05) is 19.9 Å². The van der Waals surface area contributed by atoms with Gasteiger partial charge in [-0.2, -0.15) is 5.26 Å². The minimum absolute atomic E-state index is 0.0460. The lowest BCUT2D eigenvalue weighted by molar-refractivity contribution is -0.120. The predicted molar refractivity (Wildman–Crippen MR) is 76.4 cm³/mol. The molecule has 1 heterocycles. The van der Waals surface area contributed by atoms with E-state index in [1.165, 1.54) is 11.8 Å². The highest BCUT2D eigenvalue weighted by Gasteiger charge is 2.29. The molecule has 0 saturated heterocycles. The topological polar surface area (TPSA) is 91.8 Å². The van der Waals surface area contributed by atoms with Crippen molar-refractivity contribution in [2.24, 2.45) is 5.92 Å². The van der Waals surface area contributed by atoms with E-state index in [4.69, 9.17) is 11.0 Å². The lowest BCUT2D eigenvalue weighted by Gasteiger charge is -2.27. The molecule has 0 aliphatic carbocycles. The second-order valence-electron chi connectivity index (χ2n) is 4.72. The number of amides is 1. The van der Waals surface area contributed by atoms with Crippen LogP contribution in [0.4, 0.5) is 5.82 Å². The normalized spacial score (nSPS) is 13.6. The summed E-state index contributed by atoms with van der Waals surface area (Å²) in [5.74, 6) is 0.574. The third kappa shape index (κ3) is 4.45. The number of nitrogen functional groups attached to an aromatic ring is 1. The molecule has 1 atom stereocenters. The molecule has 102 valence electrons. The first kappa shape index (κ1) is 15.3. The number of hydrogen-bond acceptors (Lipinski definition) is 5. The Morgan fingerprint density at radius 2 is 2.32 bits per heavy atom. The summed E-state index contributed by atoms with van der Waals surface area (Å²) in [5, 5.41) is 11.9. The maximum atomic E-state index is 11.8. The zero-order valence-electron chi connectivity index (χ0n) is 11.3. The Labute approximate surface area is 117 Å². The van der Waals surface area contributed by atoms with E-state index >= 15 is 0 Å². The van der Waals surface area contributed by atoms with Crippen LogP contribution in [-0.4, -0.2) is 22.2 Å². The SMILES string of the molecule is CC(C)C(C)(C#N)NC(=O)CSc1ccc(N)nc1. The number of carbonyl (C=O) groups excluding carboxylic acids is 1. The van der Waals surface area contributed by atoms with Crippen LogP contribution in [0.1, 0.15) is 20.8 Å². The maximum Gasteiger partial charge on any atom is 0.231 e. The van der Waals surface area contributed by atoms with Crippen molar-refractivity contribution < 1.29 is 4.79 Å². The molecule has 0 spiro atoms. The van der Waals surface area contributed by atoms with Crippen molar-refractivity contribution in [2.45, 2.75) is 31.2 Å². The number of nitriles is 1. The number of nitrogens with one attached hydrogen (secondary N) is 1. The van der Waals surface area contributed by atoms with Crippen LogP contribution in [0, 0.1) is 17.2 Å². The average molecular weight is 278 g/mol. The Bertz CT molecular complexity index is 480. The Hall–Kier alpha value is -1.74. The molecule has 1 aromatic heterocycles. The van der Waals surface area contributed by atoms with Gasteiger partial charge in [0.2, 0.25) is 5.91 Å². The lowest BCUT2D eigenvalue weighted by atomic mass is 9.90. The second-order valence-corrected chi connectivity index (χ2v) is 5.77. The summed E-state index contributed by atoms with van der Waals surface area (Å²) >= 11 is 1.36. The number of hydrogen-bond donors (Lipinski definition) is 2. The molecule has 0 radical (unpaired) electrons. The number of aromatic nitrogens is 1. The number of carbonyl (C=O) groups is 1. The molecule has 0 fully saturated rings. The molecule has 6 heteroatoms. The van der Waals surface area contributed by atoms with Crippen LogP contribution in [0.25, 0.3) is 0 Å². The van der Waals surface area contributed by atoms with Gasteiger partial charge in [0, 0.05) is 11.1 Å². The molecular weight excluding hydrogens is 260 g/mol. The van der Waals surface area contributed by atoms with Gasteiger partial charge in [0.05, 0.1) is 11.8 Å². The number of anilines is 1. The molecule has 0 aromatic carbocycles. The largest absolute Gasteiger partial charge is 0.384 e. The number of pyridine rings is 1. The van der Waals surface area contributed by atoms with Gasteiger partial charge in [0.25, 0.3) is 0 Å². The molecule has 1 amide bonds. The van der Waals surface area contributed by atoms with E-state index in [9.17, 15) is 4.79 Å². The molecule has 0 bridgehead atoms. The Morgan fingerprint density at radius 1 is 1.63 bits per heavy atom. The molecule has 19 heavy (non-hydrogen) atoms. The quantitative estimate of drug-likeness (QED) is 0.801. The summed E-state index contributed by atoms with van der Waals surface area (Å²) in [6, 6.07) is 5.64. The van der Waals surface area contributed by atoms with Crippen LogP contribution >= 0.6 is 11.8 Å². The minimum atomic E-state index is -0.836. The summed E-state index contributed by atoms with van der Waals surface area (Å²) < 4.78 is 0. The lowest BCUT2D eigenvalue weighted by Crippen LogP contribution is -2.49. The van der Waals surface area contributed by atoms with Gasteiger partial charge in [-0.15, -0.1) is 11.8 Å². The van der Waals surface area contributed by atoms with E-state index in [2.05, 4.69) is 16.4 Å². The zero-order valence-corrected chi connectivity index (χ0v) is 12.1. The van der Waals surface area contributed by atoms with Crippen molar-refractivity contribution in [1.29, 1.82) is 5.26 Å². The van der Waals surface area contributed by atoms with E-state index < -0.39 is 5.54 Å². The van der Waals surface area contributed by atoms with Gasteiger partial charge in [0.15, 0.2) is 0 Å². The average Bonchev–Trinajstić information content (AvgIpc) is 2.37. The molecule has 1 aromatic rings. The van der Waals surface area contributed by atoms with Crippen LogP contribution in [-0.2, 0) is 4.79 Å². The van der Waals surface area contributed by atoms with Crippen molar-refractivity contribution in [1.82, 2.24) is 10.3 Å². The van der Waals surface area contributed by atoms with E-state index in [-0.39, 0.29) is 17.6 Å². The molecule has 0 aliphatic heterocycles. The van der Waals surface area contributed by atoms with Gasteiger partial charge in [-0.25, -0.2) is 4.98 Å². The smallest absolute Gasteiger partial charge is 0.231 e. The molecule has 1 unspecified atom stereocenters. The Morgan fingerprint density at radius 3 is 2.79 bits per heavy atom. The zero-order chi connectivity index (χ0) is 14.5. The fraction of sp³-hybridized carbons (Fsp3) is 0.462. The first-order valence-corrected chi connectivity index (χ1v) is 6.92. The monoisotopic (exact) mass is 278 g/mol. The van der Waals surface area contributed by atoms with Gasteiger partial charge < -0.3 is 11.1 Å². The van der Waals surface area contributed by atoms with Crippen LogP contribution in [0.5, 0.6) is 0 Å². The molecule has 5 nitrogen and oxygen atoms in total. The highest BCUT2D eigenvalue weighted by molar-refractivity contribution is 8.00. The van der Waals surface area contributed by atoms with Gasteiger partial charge in [-0.05, 0) is 25.0 Å². The molecular formula is C13H18N4OS. The maximum absolute atomic E-state index is 11.8. The van der Waals surface area contributed by atoms with Crippen LogP contribution < -0.4 is 11.1 Å². The van der Waals surface area contributed by atoms with Gasteiger partial charge in [-0.1, -0.05) is 13.8 Å².